The quantitative estimate of drug-likeness (QED) is 0.208. The van der Waals surface area contributed by atoms with Crippen LogP contribution in [0, 0.1) is 23.4 Å². The maximum atomic E-state index is 15.2. The van der Waals surface area contributed by atoms with Crippen LogP contribution in [0.4, 0.5) is 26.3 Å². The molecular weight excluding hydrogens is 498 g/mol. The van der Waals surface area contributed by atoms with Crippen LogP contribution in [0.25, 0.3) is 10.8 Å². The smallest absolute Gasteiger partial charge is 0.399 e. The summed E-state index contributed by atoms with van der Waals surface area (Å²) in [6, 6.07) is 10.1. The zero-order chi connectivity index (χ0) is 26.6. The molecule has 0 spiro atoms. The summed E-state index contributed by atoms with van der Waals surface area (Å²) in [4.78, 5) is 0. The molecule has 1 heterocycles. The van der Waals surface area contributed by atoms with Gasteiger partial charge in [-0.1, -0.05) is 50.5 Å². The number of unbranched alkanes of at least 4 members (excludes halogenated alkanes) is 2. The zero-order valence-corrected chi connectivity index (χ0v) is 20.3. The van der Waals surface area contributed by atoms with Crippen LogP contribution < -0.4 is 4.74 Å². The highest BCUT2D eigenvalue weighted by Crippen LogP contribution is 2.32. The van der Waals surface area contributed by atoms with Crippen molar-refractivity contribution in [3.05, 3.63) is 76.6 Å². The van der Waals surface area contributed by atoms with Crippen molar-refractivity contribution in [1.82, 2.24) is 0 Å². The molecule has 9 heteroatoms. The van der Waals surface area contributed by atoms with Crippen LogP contribution in [0.5, 0.6) is 5.75 Å². The summed E-state index contributed by atoms with van der Waals surface area (Å²) in [5, 5.41) is 1.03. The lowest BCUT2D eigenvalue weighted by Crippen LogP contribution is -2.27. The van der Waals surface area contributed by atoms with E-state index in [4.69, 9.17) is 9.47 Å². The Morgan fingerprint density at radius 3 is 2.24 bits per heavy atom. The number of ether oxygens (including phenoxy) is 3. The number of benzene rings is 3. The van der Waals surface area contributed by atoms with Crippen molar-refractivity contribution < 1.29 is 40.6 Å². The number of aryl methyl sites for hydroxylation is 2. The second kappa shape index (κ2) is 11.7. The number of halogens is 6. The van der Waals surface area contributed by atoms with E-state index in [1.165, 1.54) is 6.42 Å². The maximum absolute atomic E-state index is 15.2. The molecule has 200 valence electrons. The van der Waals surface area contributed by atoms with Gasteiger partial charge in [-0.2, -0.15) is 0 Å². The van der Waals surface area contributed by atoms with Crippen LogP contribution in [0.15, 0.2) is 42.5 Å². The maximum Gasteiger partial charge on any atom is 0.573 e. The van der Waals surface area contributed by atoms with E-state index >= 15 is 4.39 Å². The molecule has 0 aromatic heterocycles. The summed E-state index contributed by atoms with van der Waals surface area (Å²) >= 11 is 0. The standard InChI is InChI=1S/C28H28F6O3/c1-2-3-4-5-18-15-35-27(36-16-18)21-10-11-22-20(14-21)9-8-19(25(22)31)7-6-17-12-23(29)26(24(30)13-17)37-28(32,33)34/h8-14,18,27H,2-7,15-16H2,1H3. The molecular formula is C28H28F6O3. The molecule has 3 aromatic carbocycles. The Morgan fingerprint density at radius 2 is 1.59 bits per heavy atom. The minimum absolute atomic E-state index is 0.0177. The summed E-state index contributed by atoms with van der Waals surface area (Å²) < 4.78 is 95.4. The lowest BCUT2D eigenvalue weighted by molar-refractivity contribution is -0.276. The number of hydrogen-bond donors (Lipinski definition) is 0. The Balaban J connectivity index is 1.41. The Morgan fingerprint density at radius 1 is 0.892 bits per heavy atom. The van der Waals surface area contributed by atoms with Gasteiger partial charge in [0, 0.05) is 16.9 Å². The number of rotatable bonds is 9. The molecule has 1 saturated heterocycles. The topological polar surface area (TPSA) is 27.7 Å². The molecule has 1 aliphatic rings. The van der Waals surface area contributed by atoms with Gasteiger partial charge in [-0.15, -0.1) is 13.2 Å². The van der Waals surface area contributed by atoms with Crippen molar-refractivity contribution in [2.45, 2.75) is 58.1 Å². The minimum atomic E-state index is -5.22. The van der Waals surface area contributed by atoms with E-state index in [0.29, 0.717) is 35.5 Å². The van der Waals surface area contributed by atoms with Gasteiger partial charge in [-0.25, -0.2) is 13.2 Å². The molecule has 1 fully saturated rings. The van der Waals surface area contributed by atoms with E-state index in [1.807, 2.05) is 6.07 Å². The molecule has 0 unspecified atom stereocenters. The van der Waals surface area contributed by atoms with Crippen molar-refractivity contribution >= 4 is 10.8 Å². The fraction of sp³-hybridized carbons (Fsp3) is 0.429. The molecule has 0 amide bonds. The van der Waals surface area contributed by atoms with Gasteiger partial charge in [0.2, 0.25) is 5.75 Å². The van der Waals surface area contributed by atoms with E-state index in [9.17, 15) is 22.0 Å². The highest BCUT2D eigenvalue weighted by atomic mass is 19.4. The Bertz CT molecular complexity index is 1200. The molecule has 0 bridgehead atoms. The average Bonchev–Trinajstić information content (AvgIpc) is 2.86. The fourth-order valence-electron chi connectivity index (χ4n) is 4.53. The van der Waals surface area contributed by atoms with Crippen molar-refractivity contribution in [2.75, 3.05) is 13.2 Å². The van der Waals surface area contributed by atoms with Crippen molar-refractivity contribution in [3.8, 4) is 5.75 Å². The van der Waals surface area contributed by atoms with Gasteiger partial charge in [-0.05, 0) is 54.0 Å². The Kier molecular flexibility index (Phi) is 8.64. The first kappa shape index (κ1) is 27.3. The second-order valence-electron chi connectivity index (χ2n) is 9.32. The number of alkyl halides is 3. The van der Waals surface area contributed by atoms with Crippen molar-refractivity contribution in [1.29, 1.82) is 0 Å². The minimum Gasteiger partial charge on any atom is -0.399 e. The van der Waals surface area contributed by atoms with Crippen LogP contribution in [0.1, 0.15) is 55.6 Å². The highest BCUT2D eigenvalue weighted by molar-refractivity contribution is 5.84. The van der Waals surface area contributed by atoms with Crippen LogP contribution in [0.2, 0.25) is 0 Å². The Hall–Kier alpha value is -2.78. The van der Waals surface area contributed by atoms with Gasteiger partial charge in [0.1, 0.15) is 5.82 Å². The normalized spacial score (nSPS) is 18.4. The van der Waals surface area contributed by atoms with Crippen molar-refractivity contribution in [3.63, 3.8) is 0 Å². The third kappa shape index (κ3) is 6.96. The molecule has 3 aromatic rings. The largest absolute Gasteiger partial charge is 0.573 e. The lowest BCUT2D eigenvalue weighted by atomic mass is 9.98. The monoisotopic (exact) mass is 526 g/mol. The molecule has 0 atom stereocenters. The van der Waals surface area contributed by atoms with Gasteiger partial charge in [0.15, 0.2) is 17.9 Å². The summed E-state index contributed by atoms with van der Waals surface area (Å²) in [5.41, 5.74) is 1.19. The van der Waals surface area contributed by atoms with Crippen LogP contribution in [0.3, 0.4) is 0 Å². The molecule has 37 heavy (non-hydrogen) atoms. The van der Waals surface area contributed by atoms with Gasteiger partial charge >= 0.3 is 6.36 Å². The average molecular weight is 527 g/mol. The SMILES string of the molecule is CCCCCC1COC(c2ccc3c(F)c(CCc4cc(F)c(OC(F)(F)F)c(F)c4)ccc3c2)OC1. The zero-order valence-electron chi connectivity index (χ0n) is 20.3. The molecule has 0 saturated carbocycles. The van der Waals surface area contributed by atoms with Crippen molar-refractivity contribution in [2.24, 2.45) is 5.92 Å². The molecule has 0 radical (unpaired) electrons. The third-order valence-corrected chi connectivity index (χ3v) is 6.47. The van der Waals surface area contributed by atoms with E-state index in [1.54, 1.807) is 24.3 Å². The first-order valence-electron chi connectivity index (χ1n) is 12.3. The Labute approximate surface area is 211 Å². The van der Waals surface area contributed by atoms with Crippen LogP contribution >= 0.6 is 0 Å². The predicted octanol–water partition coefficient (Wildman–Crippen LogP) is 8.18. The lowest BCUT2D eigenvalue weighted by Gasteiger charge is -2.29. The van der Waals surface area contributed by atoms with E-state index in [2.05, 4.69) is 11.7 Å². The van der Waals surface area contributed by atoms with Crippen LogP contribution in [-0.2, 0) is 22.3 Å². The predicted molar refractivity (Wildman–Crippen MR) is 127 cm³/mol. The van der Waals surface area contributed by atoms with Crippen LogP contribution in [-0.4, -0.2) is 19.6 Å². The summed E-state index contributed by atoms with van der Waals surface area (Å²) in [6.07, 6.45) is -1.05. The molecule has 1 aliphatic heterocycles. The summed E-state index contributed by atoms with van der Waals surface area (Å²) in [5.74, 6) is -4.56. The molecule has 0 N–H and O–H groups in total. The third-order valence-electron chi connectivity index (χ3n) is 6.47. The number of fused-ring (bicyclic) bond motifs is 1. The highest BCUT2D eigenvalue weighted by Gasteiger charge is 2.34. The summed E-state index contributed by atoms with van der Waals surface area (Å²) in [6.45, 7) is 3.39. The van der Waals surface area contributed by atoms with Gasteiger partial charge in [0.05, 0.1) is 13.2 Å². The van der Waals surface area contributed by atoms with Gasteiger partial charge in [0.25, 0.3) is 0 Å². The first-order valence-corrected chi connectivity index (χ1v) is 12.3. The van der Waals surface area contributed by atoms with E-state index in [0.717, 1.165) is 37.0 Å². The van der Waals surface area contributed by atoms with E-state index < -0.39 is 35.9 Å². The van der Waals surface area contributed by atoms with Gasteiger partial charge in [-0.3, -0.25) is 0 Å². The molecule has 0 aliphatic carbocycles. The summed E-state index contributed by atoms with van der Waals surface area (Å²) in [7, 11) is 0. The number of hydrogen-bond acceptors (Lipinski definition) is 3. The van der Waals surface area contributed by atoms with Gasteiger partial charge < -0.3 is 14.2 Å². The fourth-order valence-corrected chi connectivity index (χ4v) is 4.53. The second-order valence-corrected chi connectivity index (χ2v) is 9.32. The molecule has 4 rings (SSSR count). The van der Waals surface area contributed by atoms with E-state index in [-0.39, 0.29) is 18.4 Å². The molecule has 3 nitrogen and oxygen atoms in total. The first-order chi connectivity index (χ1) is 17.6.